The molecule has 6 aromatic rings. The molecule has 4 nitrogen and oxygen atoms in total. The minimum atomic E-state index is -0.520. The van der Waals surface area contributed by atoms with Gasteiger partial charge in [0.2, 0.25) is 0 Å². The molecule has 0 aromatic heterocycles. The first-order valence-electron chi connectivity index (χ1n) is 14.6. The molecule has 0 spiro atoms. The molecule has 1 fully saturated rings. The number of hydrogen-bond acceptors (Lipinski definition) is 4. The highest BCUT2D eigenvalue weighted by Crippen LogP contribution is 2.37. The molecular weight excluding hydrogens is 529 g/mol. The van der Waals surface area contributed by atoms with Gasteiger partial charge in [-0.3, -0.25) is 5.32 Å². The van der Waals surface area contributed by atoms with Gasteiger partial charge in [-0.15, -0.1) is 0 Å². The molecule has 0 radical (unpaired) electrons. The summed E-state index contributed by atoms with van der Waals surface area (Å²) >= 11 is 0. The molecule has 3 unspecified atom stereocenters. The molecule has 1 aliphatic rings. The standard InChI is InChI=1S/C37H34N4Si/c1-4-13-27(14-5-1)26-38-37(41-36(40-41)30-18-12-21-32(25-30)42-31-19-8-3-9-20-31)39-34-24-23-28-15-10-11-22-33(28)35(34)29-16-6-2-7-17-29/h1-25,36-40H,26,42H2. The highest BCUT2D eigenvalue weighted by Gasteiger charge is 2.41. The minimum Gasteiger partial charge on any atom is -0.356 e. The second-order valence-electron chi connectivity index (χ2n) is 10.8. The van der Waals surface area contributed by atoms with Gasteiger partial charge in [-0.25, -0.2) is 5.43 Å². The van der Waals surface area contributed by atoms with E-state index in [2.05, 4.69) is 173 Å². The van der Waals surface area contributed by atoms with E-state index in [9.17, 15) is 0 Å². The Morgan fingerprint density at radius 1 is 0.667 bits per heavy atom. The van der Waals surface area contributed by atoms with Crippen LogP contribution in [0.25, 0.3) is 21.9 Å². The van der Waals surface area contributed by atoms with Crippen LogP contribution in [-0.4, -0.2) is 20.8 Å². The number of hydrazine groups is 1. The van der Waals surface area contributed by atoms with Crippen LogP contribution in [0.4, 0.5) is 5.69 Å². The normalized spacial score (nSPS) is 17.0. The fourth-order valence-corrected chi connectivity index (χ4v) is 7.33. The zero-order valence-corrected chi connectivity index (χ0v) is 24.9. The Bertz CT molecular complexity index is 1780. The summed E-state index contributed by atoms with van der Waals surface area (Å²) < 4.78 is 0. The van der Waals surface area contributed by atoms with Crippen molar-refractivity contribution >= 4 is 36.4 Å². The SMILES string of the molecule is c1ccc(CNC(Nc2ccc3ccccc3c2-c2ccccc2)N2NC2c2cccc([SiH2]c3ccccc3)c2)cc1. The molecule has 6 aromatic carbocycles. The maximum absolute atomic E-state index is 3.89. The Hall–Kier alpha value is -4.52. The zero-order valence-electron chi connectivity index (χ0n) is 23.4. The van der Waals surface area contributed by atoms with E-state index in [1.54, 1.807) is 0 Å². The van der Waals surface area contributed by atoms with Gasteiger partial charge in [0, 0.05) is 17.8 Å². The molecule has 5 heteroatoms. The quantitative estimate of drug-likeness (QED) is 0.115. The summed E-state index contributed by atoms with van der Waals surface area (Å²) in [7, 11) is -0.520. The van der Waals surface area contributed by atoms with Gasteiger partial charge >= 0.3 is 0 Å². The van der Waals surface area contributed by atoms with Gasteiger partial charge in [-0.1, -0.05) is 156 Å². The van der Waals surface area contributed by atoms with E-state index in [1.165, 1.54) is 43.4 Å². The van der Waals surface area contributed by atoms with E-state index in [1.807, 2.05) is 0 Å². The lowest BCUT2D eigenvalue weighted by Crippen LogP contribution is -2.43. The summed E-state index contributed by atoms with van der Waals surface area (Å²) in [4.78, 5) is 0. The van der Waals surface area contributed by atoms with Gasteiger partial charge < -0.3 is 5.32 Å². The van der Waals surface area contributed by atoms with Gasteiger partial charge in [0.15, 0.2) is 0 Å². The highest BCUT2D eigenvalue weighted by atomic mass is 28.2. The summed E-state index contributed by atoms with van der Waals surface area (Å²) in [5.41, 5.74) is 9.72. The lowest BCUT2D eigenvalue weighted by molar-refractivity contribution is 0.322. The van der Waals surface area contributed by atoms with E-state index >= 15 is 0 Å². The van der Waals surface area contributed by atoms with Crippen molar-refractivity contribution in [1.82, 2.24) is 15.8 Å². The van der Waals surface area contributed by atoms with E-state index in [-0.39, 0.29) is 12.5 Å². The fourth-order valence-electron chi connectivity index (χ4n) is 5.76. The fraction of sp³-hybridized carbons (Fsp3) is 0.0811. The first kappa shape index (κ1) is 26.4. The minimum absolute atomic E-state index is 0.131. The molecule has 0 saturated carbocycles. The summed E-state index contributed by atoms with van der Waals surface area (Å²) in [5.74, 6) is 0. The lowest BCUT2D eigenvalue weighted by atomic mass is 9.96. The van der Waals surface area contributed by atoms with Crippen LogP contribution in [0, 0.1) is 0 Å². The van der Waals surface area contributed by atoms with Gasteiger partial charge in [0.25, 0.3) is 0 Å². The van der Waals surface area contributed by atoms with E-state index in [0.29, 0.717) is 0 Å². The molecule has 0 bridgehead atoms. The summed E-state index contributed by atoms with van der Waals surface area (Å²) in [6.45, 7) is 0.749. The van der Waals surface area contributed by atoms with E-state index < -0.39 is 9.52 Å². The Labute approximate surface area is 249 Å². The smallest absolute Gasteiger partial charge is 0.149 e. The molecule has 1 aliphatic heterocycles. The van der Waals surface area contributed by atoms with Crippen molar-refractivity contribution in [3.63, 3.8) is 0 Å². The Kier molecular flexibility index (Phi) is 7.63. The summed E-state index contributed by atoms with van der Waals surface area (Å²) in [5, 5.41) is 15.4. The molecule has 3 atom stereocenters. The van der Waals surface area contributed by atoms with Crippen molar-refractivity contribution in [1.29, 1.82) is 0 Å². The first-order chi connectivity index (χ1) is 20.8. The predicted molar refractivity (Wildman–Crippen MR) is 178 cm³/mol. The first-order valence-corrected chi connectivity index (χ1v) is 16.0. The molecule has 7 rings (SSSR count). The second kappa shape index (κ2) is 12.1. The number of fused-ring (bicyclic) bond motifs is 1. The molecular formula is C37H34N4Si. The average molecular weight is 563 g/mol. The van der Waals surface area contributed by atoms with Crippen LogP contribution in [0.15, 0.2) is 152 Å². The third-order valence-corrected chi connectivity index (χ3v) is 9.63. The van der Waals surface area contributed by atoms with Gasteiger partial charge in [0.05, 0.1) is 9.52 Å². The monoisotopic (exact) mass is 562 g/mol. The van der Waals surface area contributed by atoms with Gasteiger partial charge in [0.1, 0.15) is 12.5 Å². The van der Waals surface area contributed by atoms with Crippen molar-refractivity contribution in [2.24, 2.45) is 0 Å². The molecule has 3 N–H and O–H groups in total. The van der Waals surface area contributed by atoms with Crippen molar-refractivity contribution in [3.8, 4) is 11.1 Å². The van der Waals surface area contributed by atoms with Crippen LogP contribution in [0.1, 0.15) is 17.3 Å². The lowest BCUT2D eigenvalue weighted by Gasteiger charge is -2.25. The Morgan fingerprint density at radius 2 is 1.36 bits per heavy atom. The zero-order chi connectivity index (χ0) is 28.1. The van der Waals surface area contributed by atoms with Crippen molar-refractivity contribution < 1.29 is 0 Å². The summed E-state index contributed by atoms with van der Waals surface area (Å²) in [6.07, 6.45) is 0.00461. The number of nitrogens with zero attached hydrogens (tertiary/aromatic N) is 1. The predicted octanol–water partition coefficient (Wildman–Crippen LogP) is 5.63. The van der Waals surface area contributed by atoms with E-state index in [0.717, 1.165) is 12.2 Å². The van der Waals surface area contributed by atoms with Crippen molar-refractivity contribution in [2.45, 2.75) is 19.0 Å². The van der Waals surface area contributed by atoms with Gasteiger partial charge in [-0.2, -0.15) is 5.01 Å². The third-order valence-electron chi connectivity index (χ3n) is 7.90. The maximum atomic E-state index is 3.89. The van der Waals surface area contributed by atoms with Crippen LogP contribution in [-0.2, 0) is 6.54 Å². The molecule has 1 heterocycles. The Balaban J connectivity index is 1.19. The number of anilines is 1. The average Bonchev–Trinajstić information content (AvgIpc) is 3.85. The van der Waals surface area contributed by atoms with Gasteiger partial charge in [-0.05, 0) is 33.5 Å². The van der Waals surface area contributed by atoms with Crippen LogP contribution in [0.5, 0.6) is 0 Å². The topological polar surface area (TPSA) is 49.0 Å². The maximum Gasteiger partial charge on any atom is 0.149 e. The number of benzene rings is 6. The van der Waals surface area contributed by atoms with Crippen LogP contribution >= 0.6 is 0 Å². The second-order valence-corrected chi connectivity index (χ2v) is 12.8. The highest BCUT2D eigenvalue weighted by molar-refractivity contribution is 6.67. The number of nitrogens with one attached hydrogen (secondary N) is 3. The largest absolute Gasteiger partial charge is 0.356 e. The van der Waals surface area contributed by atoms with Crippen LogP contribution < -0.4 is 26.4 Å². The molecule has 0 aliphatic carbocycles. The third kappa shape index (κ3) is 5.91. The Morgan fingerprint density at radius 3 is 2.17 bits per heavy atom. The molecule has 42 heavy (non-hydrogen) atoms. The van der Waals surface area contributed by atoms with Crippen molar-refractivity contribution in [2.75, 3.05) is 5.32 Å². The molecule has 1 saturated heterocycles. The van der Waals surface area contributed by atoms with Crippen LogP contribution in [0.2, 0.25) is 0 Å². The summed E-state index contributed by atoms with van der Waals surface area (Å²) in [6, 6.07) is 54.3. The van der Waals surface area contributed by atoms with Crippen LogP contribution in [0.3, 0.4) is 0 Å². The van der Waals surface area contributed by atoms with Crippen molar-refractivity contribution in [3.05, 3.63) is 163 Å². The molecule has 0 amide bonds. The molecule has 206 valence electrons. The number of hydrogen-bond donors (Lipinski definition) is 3. The van der Waals surface area contributed by atoms with E-state index in [4.69, 9.17) is 0 Å². The number of rotatable bonds is 10.